The molecule has 1 rings (SSSR count). The lowest BCUT2D eigenvalue weighted by Gasteiger charge is -2.06. The van der Waals surface area contributed by atoms with Gasteiger partial charge in [0.2, 0.25) is 0 Å². The molecule has 0 heterocycles. The lowest BCUT2D eigenvalue weighted by Crippen LogP contribution is -2.11. The van der Waals surface area contributed by atoms with E-state index in [1.54, 1.807) is 0 Å². The third kappa shape index (κ3) is 5.53. The minimum absolute atomic E-state index is 0.527. The molecule has 1 N–H and O–H groups in total. The van der Waals surface area contributed by atoms with E-state index in [4.69, 9.17) is 0 Å². The SMILES string of the molecule is C=C/C=C(\C=C/CNC1=CC=CCC=C1)C(C)C. The molecule has 0 spiro atoms. The van der Waals surface area contributed by atoms with Crippen molar-refractivity contribution in [3.63, 3.8) is 0 Å². The average molecular weight is 241 g/mol. The highest BCUT2D eigenvalue weighted by Gasteiger charge is 1.96. The molecule has 0 bridgehead atoms. The summed E-state index contributed by atoms with van der Waals surface area (Å²) in [5.74, 6) is 0.527. The molecule has 18 heavy (non-hydrogen) atoms. The number of allylic oxidation sites excluding steroid dienone is 9. The van der Waals surface area contributed by atoms with Crippen LogP contribution in [0.5, 0.6) is 0 Å². The second-order valence-electron chi connectivity index (χ2n) is 4.53. The van der Waals surface area contributed by atoms with Crippen molar-refractivity contribution in [3.8, 4) is 0 Å². The molecule has 1 heteroatoms. The van der Waals surface area contributed by atoms with E-state index < -0.39 is 0 Å². The topological polar surface area (TPSA) is 12.0 Å². The first-order valence-electron chi connectivity index (χ1n) is 6.50. The second kappa shape index (κ2) is 8.35. The Morgan fingerprint density at radius 3 is 3.00 bits per heavy atom. The molecule has 0 aromatic heterocycles. The summed E-state index contributed by atoms with van der Waals surface area (Å²) in [6.45, 7) is 8.96. The van der Waals surface area contributed by atoms with Gasteiger partial charge in [-0.1, -0.05) is 63.0 Å². The van der Waals surface area contributed by atoms with Gasteiger partial charge in [0, 0.05) is 12.2 Å². The van der Waals surface area contributed by atoms with Gasteiger partial charge in [-0.3, -0.25) is 0 Å². The monoisotopic (exact) mass is 241 g/mol. The quantitative estimate of drug-likeness (QED) is 0.684. The minimum Gasteiger partial charge on any atom is -0.382 e. The molecule has 0 aromatic rings. The van der Waals surface area contributed by atoms with Crippen molar-refractivity contribution in [1.82, 2.24) is 5.32 Å². The predicted octanol–water partition coefficient (Wildman–Crippen LogP) is 4.30. The van der Waals surface area contributed by atoms with Gasteiger partial charge in [0.05, 0.1) is 0 Å². The third-order valence-corrected chi connectivity index (χ3v) is 2.69. The van der Waals surface area contributed by atoms with E-state index in [1.807, 2.05) is 6.08 Å². The average Bonchev–Trinajstić information content (AvgIpc) is 2.61. The molecule has 0 saturated carbocycles. The van der Waals surface area contributed by atoms with Gasteiger partial charge in [-0.05, 0) is 30.1 Å². The highest BCUT2D eigenvalue weighted by Crippen LogP contribution is 2.10. The summed E-state index contributed by atoms with van der Waals surface area (Å²) in [5, 5.41) is 3.38. The van der Waals surface area contributed by atoms with Crippen LogP contribution in [0.1, 0.15) is 20.3 Å². The van der Waals surface area contributed by atoms with E-state index in [-0.39, 0.29) is 0 Å². The molecule has 1 aliphatic rings. The highest BCUT2D eigenvalue weighted by atomic mass is 14.9. The molecule has 96 valence electrons. The van der Waals surface area contributed by atoms with E-state index in [0.717, 1.165) is 18.7 Å². The Morgan fingerprint density at radius 1 is 1.44 bits per heavy atom. The molecule has 1 aliphatic carbocycles. The first-order chi connectivity index (χ1) is 8.74. The van der Waals surface area contributed by atoms with Gasteiger partial charge in [-0.2, -0.15) is 0 Å². The molecule has 0 aromatic carbocycles. The molecular weight excluding hydrogens is 218 g/mol. The van der Waals surface area contributed by atoms with Crippen LogP contribution >= 0.6 is 0 Å². The summed E-state index contributed by atoms with van der Waals surface area (Å²) < 4.78 is 0. The summed E-state index contributed by atoms with van der Waals surface area (Å²) in [4.78, 5) is 0. The predicted molar refractivity (Wildman–Crippen MR) is 81.2 cm³/mol. The van der Waals surface area contributed by atoms with Crippen molar-refractivity contribution in [1.29, 1.82) is 0 Å². The summed E-state index contributed by atoms with van der Waals surface area (Å²) in [7, 11) is 0. The zero-order valence-corrected chi connectivity index (χ0v) is 11.4. The molecule has 0 unspecified atom stereocenters. The van der Waals surface area contributed by atoms with Crippen molar-refractivity contribution >= 4 is 0 Å². The maximum absolute atomic E-state index is 3.74. The van der Waals surface area contributed by atoms with Gasteiger partial charge < -0.3 is 5.32 Å². The third-order valence-electron chi connectivity index (χ3n) is 2.69. The Bertz CT molecular complexity index is 403. The smallest absolute Gasteiger partial charge is 0.0339 e. The largest absolute Gasteiger partial charge is 0.382 e. The number of rotatable bonds is 6. The Morgan fingerprint density at radius 2 is 2.28 bits per heavy atom. The Labute approximate surface area is 111 Å². The number of hydrogen-bond acceptors (Lipinski definition) is 1. The molecule has 0 saturated heterocycles. The summed E-state index contributed by atoms with van der Waals surface area (Å²) in [6.07, 6.45) is 19.8. The van der Waals surface area contributed by atoms with Crippen molar-refractivity contribution in [2.75, 3.05) is 6.54 Å². The van der Waals surface area contributed by atoms with E-state index >= 15 is 0 Å². The van der Waals surface area contributed by atoms with Gasteiger partial charge in [-0.25, -0.2) is 0 Å². The van der Waals surface area contributed by atoms with Crippen LogP contribution in [-0.4, -0.2) is 6.54 Å². The number of hydrogen-bond donors (Lipinski definition) is 1. The van der Waals surface area contributed by atoms with Crippen LogP contribution in [0.2, 0.25) is 0 Å². The van der Waals surface area contributed by atoms with Crippen molar-refractivity contribution in [3.05, 3.63) is 72.5 Å². The molecule has 0 radical (unpaired) electrons. The summed E-state index contributed by atoms with van der Waals surface area (Å²) in [6, 6.07) is 0. The van der Waals surface area contributed by atoms with Crippen LogP contribution in [0.15, 0.2) is 72.5 Å². The maximum atomic E-state index is 3.74. The van der Waals surface area contributed by atoms with Gasteiger partial charge in [0.25, 0.3) is 0 Å². The Hall–Kier alpha value is -1.76. The van der Waals surface area contributed by atoms with Crippen LogP contribution in [0, 0.1) is 5.92 Å². The van der Waals surface area contributed by atoms with Crippen LogP contribution < -0.4 is 5.32 Å². The molecule has 0 atom stereocenters. The summed E-state index contributed by atoms with van der Waals surface area (Å²) >= 11 is 0. The standard InChI is InChI=1S/C17H23N/c1-4-10-16(15(2)3)11-9-14-18-17-12-7-5-6-8-13-17/h4-5,7-13,15,18H,1,6,14H2,2-3H3/b11-9-,16-10+. The normalized spacial score (nSPS) is 15.9. The lowest BCUT2D eigenvalue weighted by atomic mass is 10.0. The molecule has 0 fully saturated rings. The molecule has 0 aliphatic heterocycles. The van der Waals surface area contributed by atoms with E-state index in [1.165, 1.54) is 5.57 Å². The molecule has 1 nitrogen and oxygen atoms in total. The fourth-order valence-corrected chi connectivity index (χ4v) is 1.65. The van der Waals surface area contributed by atoms with Crippen molar-refractivity contribution < 1.29 is 0 Å². The highest BCUT2D eigenvalue weighted by molar-refractivity contribution is 5.28. The molecule has 0 amide bonds. The van der Waals surface area contributed by atoms with Crippen LogP contribution in [0.4, 0.5) is 0 Å². The van der Waals surface area contributed by atoms with Crippen LogP contribution in [0.25, 0.3) is 0 Å². The first-order valence-corrected chi connectivity index (χ1v) is 6.50. The van der Waals surface area contributed by atoms with Crippen LogP contribution in [-0.2, 0) is 0 Å². The fraction of sp³-hybridized carbons (Fsp3) is 0.294. The summed E-state index contributed by atoms with van der Waals surface area (Å²) in [5.41, 5.74) is 2.46. The lowest BCUT2D eigenvalue weighted by molar-refractivity contribution is 0.790. The van der Waals surface area contributed by atoms with Crippen LogP contribution in [0.3, 0.4) is 0 Å². The molecular formula is C17H23N. The zero-order valence-electron chi connectivity index (χ0n) is 11.4. The Kier molecular flexibility index (Phi) is 6.63. The van der Waals surface area contributed by atoms with E-state index in [2.05, 4.69) is 74.4 Å². The second-order valence-corrected chi connectivity index (χ2v) is 4.53. The maximum Gasteiger partial charge on any atom is 0.0339 e. The number of nitrogens with one attached hydrogen (secondary N) is 1. The van der Waals surface area contributed by atoms with E-state index in [0.29, 0.717) is 5.92 Å². The van der Waals surface area contributed by atoms with Crippen molar-refractivity contribution in [2.45, 2.75) is 20.3 Å². The van der Waals surface area contributed by atoms with Crippen molar-refractivity contribution in [2.24, 2.45) is 5.92 Å². The van der Waals surface area contributed by atoms with Gasteiger partial charge >= 0.3 is 0 Å². The van der Waals surface area contributed by atoms with E-state index in [9.17, 15) is 0 Å². The first kappa shape index (κ1) is 14.3. The minimum atomic E-state index is 0.527. The van der Waals surface area contributed by atoms with Gasteiger partial charge in [0.15, 0.2) is 0 Å². The zero-order chi connectivity index (χ0) is 13.2. The fourth-order valence-electron chi connectivity index (χ4n) is 1.65. The Balaban J connectivity index is 2.45. The van der Waals surface area contributed by atoms with Gasteiger partial charge in [-0.15, -0.1) is 0 Å². The van der Waals surface area contributed by atoms with Gasteiger partial charge in [0.1, 0.15) is 0 Å².